The Balaban J connectivity index is 1.57. The van der Waals surface area contributed by atoms with Crippen LogP contribution in [-0.4, -0.2) is 30.6 Å². The summed E-state index contributed by atoms with van der Waals surface area (Å²) in [7, 11) is 0. The van der Waals surface area contributed by atoms with Gasteiger partial charge in [-0.2, -0.15) is 13.2 Å². The largest absolute Gasteiger partial charge is 0.433 e. The van der Waals surface area contributed by atoms with Crippen molar-refractivity contribution in [2.75, 3.05) is 0 Å². The lowest BCUT2D eigenvalue weighted by Crippen LogP contribution is -2.14. The zero-order valence-electron chi connectivity index (χ0n) is 17.1. The fourth-order valence-electron chi connectivity index (χ4n) is 3.64. The quantitative estimate of drug-likeness (QED) is 0.458. The fourth-order valence-corrected chi connectivity index (χ4v) is 3.64. The maximum Gasteiger partial charge on any atom is 0.433 e. The number of rotatable bonds is 5. The summed E-state index contributed by atoms with van der Waals surface area (Å²) in [4.78, 5) is 24.3. The van der Waals surface area contributed by atoms with Crippen LogP contribution < -0.4 is 5.73 Å². The number of hydrogen-bond donors (Lipinski definition) is 1. The van der Waals surface area contributed by atoms with E-state index in [1.165, 1.54) is 17.2 Å². The van der Waals surface area contributed by atoms with Crippen LogP contribution in [0.25, 0.3) is 33.9 Å². The predicted octanol–water partition coefficient (Wildman–Crippen LogP) is 4.27. The van der Waals surface area contributed by atoms with Crippen LogP contribution in [0.5, 0.6) is 0 Å². The highest BCUT2D eigenvalue weighted by Gasteiger charge is 2.35. The van der Waals surface area contributed by atoms with Gasteiger partial charge in [-0.15, -0.1) is 5.10 Å². The molecule has 5 rings (SSSR count). The minimum Gasteiger partial charge on any atom is -0.366 e. The Kier molecular flexibility index (Phi) is 4.92. The van der Waals surface area contributed by atoms with Crippen LogP contribution in [0.1, 0.15) is 35.7 Å². The number of alkyl halides is 3. The summed E-state index contributed by atoms with van der Waals surface area (Å²) < 4.78 is 41.3. The zero-order valence-corrected chi connectivity index (χ0v) is 17.1. The number of nitrogens with two attached hydrogens (primary N) is 1. The van der Waals surface area contributed by atoms with E-state index in [0.29, 0.717) is 11.3 Å². The Morgan fingerprint density at radius 3 is 2.73 bits per heavy atom. The van der Waals surface area contributed by atoms with E-state index < -0.39 is 17.8 Å². The van der Waals surface area contributed by atoms with E-state index in [1.807, 2.05) is 6.07 Å². The van der Waals surface area contributed by atoms with Gasteiger partial charge >= 0.3 is 6.18 Å². The molecule has 0 atom stereocenters. The summed E-state index contributed by atoms with van der Waals surface area (Å²) in [5.74, 6) is -0.571. The highest BCUT2D eigenvalue weighted by Crippen LogP contribution is 2.41. The monoisotopic (exact) mass is 450 g/mol. The molecule has 10 heteroatoms. The van der Waals surface area contributed by atoms with Crippen LogP contribution >= 0.6 is 0 Å². The summed E-state index contributed by atoms with van der Waals surface area (Å²) >= 11 is 0. The molecule has 1 aromatic carbocycles. The van der Waals surface area contributed by atoms with Crippen molar-refractivity contribution in [2.24, 2.45) is 5.73 Å². The molecule has 0 aliphatic heterocycles. The predicted molar refractivity (Wildman–Crippen MR) is 115 cm³/mol. The summed E-state index contributed by atoms with van der Waals surface area (Å²) in [5, 5.41) is 5.86. The van der Waals surface area contributed by atoms with Gasteiger partial charge in [0.25, 0.3) is 5.91 Å². The average molecular weight is 450 g/mol. The van der Waals surface area contributed by atoms with E-state index in [9.17, 15) is 18.0 Å². The Morgan fingerprint density at radius 2 is 2.00 bits per heavy atom. The molecule has 166 valence electrons. The molecule has 4 aromatic rings. The van der Waals surface area contributed by atoms with Crippen LogP contribution in [0.3, 0.4) is 0 Å². The van der Waals surface area contributed by atoms with Gasteiger partial charge in [0.15, 0.2) is 5.82 Å². The highest BCUT2D eigenvalue weighted by molar-refractivity contribution is 6.25. The number of hydrogen-bond acceptors (Lipinski definition) is 5. The third kappa shape index (κ3) is 4.19. The van der Waals surface area contributed by atoms with Crippen molar-refractivity contribution in [3.63, 3.8) is 0 Å². The lowest BCUT2D eigenvalue weighted by Gasteiger charge is -2.09. The molecule has 1 fully saturated rings. The second-order valence-electron chi connectivity index (χ2n) is 7.80. The molecule has 1 saturated carbocycles. The standard InChI is InChI=1S/C23H17F3N6O/c24-23(25,26)20-9-15(8-19(30-20)13-4-5-13)22-29-12-32(31-22)11-18(21(27)33)17-3-1-2-14-10-28-7-6-16(14)17/h1-3,6-13H,4-5H2,(H2,27,33)/b18-11+. The van der Waals surface area contributed by atoms with Gasteiger partial charge in [-0.25, -0.2) is 14.6 Å². The van der Waals surface area contributed by atoms with Crippen LogP contribution in [-0.2, 0) is 11.0 Å². The average Bonchev–Trinajstić information content (AvgIpc) is 3.54. The fraction of sp³-hybridized carbons (Fsp3) is 0.174. The number of halogens is 3. The van der Waals surface area contributed by atoms with Gasteiger partial charge in [0.2, 0.25) is 0 Å². The number of amides is 1. The number of benzene rings is 1. The number of fused-ring (bicyclic) bond motifs is 1. The van der Waals surface area contributed by atoms with Crippen molar-refractivity contribution in [1.82, 2.24) is 24.7 Å². The molecule has 33 heavy (non-hydrogen) atoms. The Morgan fingerprint density at radius 1 is 1.18 bits per heavy atom. The Labute approximate surface area is 185 Å². The van der Waals surface area contributed by atoms with Crippen LogP contribution in [0, 0.1) is 0 Å². The molecule has 1 aliphatic carbocycles. The van der Waals surface area contributed by atoms with Gasteiger partial charge < -0.3 is 5.73 Å². The molecule has 1 aliphatic rings. The molecule has 3 aromatic heterocycles. The molecule has 1 amide bonds. The molecule has 2 N–H and O–H groups in total. The van der Waals surface area contributed by atoms with Crippen molar-refractivity contribution in [1.29, 1.82) is 0 Å². The number of carbonyl (C=O) groups excluding carboxylic acids is 1. The first-order valence-electron chi connectivity index (χ1n) is 10.1. The molecular weight excluding hydrogens is 433 g/mol. The minimum atomic E-state index is -4.58. The van der Waals surface area contributed by atoms with E-state index in [4.69, 9.17) is 5.73 Å². The summed E-state index contributed by atoms with van der Waals surface area (Å²) in [6.07, 6.45) is 3.03. The first-order valence-corrected chi connectivity index (χ1v) is 10.1. The van der Waals surface area contributed by atoms with Gasteiger partial charge in [0.1, 0.15) is 12.0 Å². The molecule has 0 radical (unpaired) electrons. The van der Waals surface area contributed by atoms with Gasteiger partial charge in [0.05, 0.1) is 5.57 Å². The molecule has 3 heterocycles. The summed E-state index contributed by atoms with van der Waals surface area (Å²) in [6.45, 7) is 0. The van der Waals surface area contributed by atoms with Crippen molar-refractivity contribution < 1.29 is 18.0 Å². The number of aromatic nitrogens is 5. The smallest absolute Gasteiger partial charge is 0.366 e. The van der Waals surface area contributed by atoms with E-state index in [2.05, 4.69) is 20.1 Å². The molecule has 0 saturated heterocycles. The lowest BCUT2D eigenvalue weighted by molar-refractivity contribution is -0.141. The number of primary amides is 1. The highest BCUT2D eigenvalue weighted by atomic mass is 19.4. The topological polar surface area (TPSA) is 99.6 Å². The zero-order chi connectivity index (χ0) is 23.2. The summed E-state index contributed by atoms with van der Waals surface area (Å²) in [5.41, 5.74) is 6.01. The van der Waals surface area contributed by atoms with Crippen molar-refractivity contribution in [3.05, 3.63) is 72.1 Å². The first kappa shape index (κ1) is 20.8. The van der Waals surface area contributed by atoms with Crippen molar-refractivity contribution >= 4 is 28.5 Å². The van der Waals surface area contributed by atoms with Crippen molar-refractivity contribution in [2.45, 2.75) is 24.9 Å². The van der Waals surface area contributed by atoms with E-state index >= 15 is 0 Å². The van der Waals surface area contributed by atoms with Gasteiger partial charge in [-0.1, -0.05) is 18.2 Å². The third-order valence-corrected chi connectivity index (χ3v) is 5.40. The van der Waals surface area contributed by atoms with E-state index in [-0.39, 0.29) is 22.9 Å². The maximum atomic E-state index is 13.4. The van der Waals surface area contributed by atoms with Crippen molar-refractivity contribution in [3.8, 4) is 11.4 Å². The normalized spacial score (nSPS) is 14.6. The molecular formula is C23H17F3N6O. The number of pyridine rings is 2. The number of carbonyl (C=O) groups is 1. The third-order valence-electron chi connectivity index (χ3n) is 5.40. The van der Waals surface area contributed by atoms with Gasteiger partial charge in [-0.05, 0) is 42.0 Å². The van der Waals surface area contributed by atoms with E-state index in [0.717, 1.165) is 29.7 Å². The lowest BCUT2D eigenvalue weighted by atomic mass is 10.00. The molecule has 0 spiro atoms. The minimum absolute atomic E-state index is 0.0235. The first-order chi connectivity index (χ1) is 15.8. The Bertz CT molecular complexity index is 1400. The molecule has 0 bridgehead atoms. The van der Waals surface area contributed by atoms with Crippen LogP contribution in [0.15, 0.2) is 55.1 Å². The molecule has 7 nitrogen and oxygen atoms in total. The second-order valence-corrected chi connectivity index (χ2v) is 7.80. The maximum absolute atomic E-state index is 13.4. The summed E-state index contributed by atoms with van der Waals surface area (Å²) in [6, 6.07) is 9.67. The van der Waals surface area contributed by atoms with Gasteiger partial charge in [0, 0.05) is 41.2 Å². The van der Waals surface area contributed by atoms with Crippen LogP contribution in [0.2, 0.25) is 0 Å². The Hall–Kier alpha value is -4.08. The second kappa shape index (κ2) is 7.80. The number of nitrogens with zero attached hydrogens (tertiary/aromatic N) is 5. The van der Waals surface area contributed by atoms with E-state index in [1.54, 1.807) is 36.7 Å². The van der Waals surface area contributed by atoms with Crippen LogP contribution in [0.4, 0.5) is 13.2 Å². The SMILES string of the molecule is NC(=O)/C(=C/n1cnc(-c2cc(C3CC3)nc(C(F)(F)F)c2)n1)c1cccc2cnccc12. The van der Waals surface area contributed by atoms with Gasteiger partial charge in [-0.3, -0.25) is 9.78 Å². The molecule has 0 unspecified atom stereocenters.